The number of hydrogen-bond donors (Lipinski definition) is 1. The van der Waals surface area contributed by atoms with Crippen LogP contribution in [0, 0.1) is 0 Å². The summed E-state index contributed by atoms with van der Waals surface area (Å²) in [5, 5.41) is 2.91. The Hall–Kier alpha value is -4.00. The molecule has 1 fully saturated rings. The van der Waals surface area contributed by atoms with Crippen molar-refractivity contribution in [1.82, 2.24) is 4.90 Å². The zero-order valence-electron chi connectivity index (χ0n) is 18.8. The van der Waals surface area contributed by atoms with Crippen LogP contribution < -0.4 is 19.7 Å². The molecule has 4 rings (SSSR count). The molecule has 1 aliphatic rings. The van der Waals surface area contributed by atoms with Gasteiger partial charge in [0.2, 0.25) is 0 Å². The Labute approximate surface area is 193 Å². The molecule has 1 saturated heterocycles. The van der Waals surface area contributed by atoms with Crippen LogP contribution in [-0.2, 0) is 0 Å². The van der Waals surface area contributed by atoms with Crippen LogP contribution in [0.4, 0.5) is 11.4 Å². The van der Waals surface area contributed by atoms with Crippen molar-refractivity contribution in [2.75, 3.05) is 50.6 Å². The van der Waals surface area contributed by atoms with Crippen LogP contribution in [-0.4, -0.2) is 57.1 Å². The second kappa shape index (κ2) is 10.1. The van der Waals surface area contributed by atoms with Crippen LogP contribution in [0.2, 0.25) is 0 Å². The molecule has 3 aromatic rings. The first-order valence-corrected chi connectivity index (χ1v) is 10.8. The molecule has 0 unspecified atom stereocenters. The molecule has 2 amide bonds. The summed E-state index contributed by atoms with van der Waals surface area (Å²) in [7, 11) is 3.09. The lowest BCUT2D eigenvalue weighted by Gasteiger charge is -2.36. The average Bonchev–Trinajstić information content (AvgIpc) is 2.89. The van der Waals surface area contributed by atoms with E-state index in [1.165, 1.54) is 7.11 Å². The van der Waals surface area contributed by atoms with E-state index in [1.807, 2.05) is 59.5 Å². The van der Waals surface area contributed by atoms with Crippen LogP contribution in [0.3, 0.4) is 0 Å². The van der Waals surface area contributed by atoms with Gasteiger partial charge in [0.05, 0.1) is 14.2 Å². The van der Waals surface area contributed by atoms with Crippen molar-refractivity contribution in [3.8, 4) is 11.5 Å². The topological polar surface area (TPSA) is 71.1 Å². The third-order valence-electron chi connectivity index (χ3n) is 5.72. The Bertz CT molecular complexity index is 1110. The molecule has 0 aromatic heterocycles. The van der Waals surface area contributed by atoms with E-state index in [4.69, 9.17) is 9.47 Å². The smallest absolute Gasteiger partial charge is 0.255 e. The monoisotopic (exact) mass is 445 g/mol. The summed E-state index contributed by atoms with van der Waals surface area (Å²) < 4.78 is 10.5. The first kappa shape index (κ1) is 22.2. The number of benzene rings is 3. The zero-order chi connectivity index (χ0) is 23.2. The highest BCUT2D eigenvalue weighted by Crippen LogP contribution is 2.28. The van der Waals surface area contributed by atoms with Gasteiger partial charge in [-0.2, -0.15) is 0 Å². The number of rotatable bonds is 6. The van der Waals surface area contributed by atoms with Gasteiger partial charge in [0.1, 0.15) is 0 Å². The average molecular weight is 446 g/mol. The van der Waals surface area contributed by atoms with Crippen LogP contribution in [0.1, 0.15) is 20.7 Å². The van der Waals surface area contributed by atoms with Gasteiger partial charge >= 0.3 is 0 Å². The zero-order valence-corrected chi connectivity index (χ0v) is 18.8. The van der Waals surface area contributed by atoms with Gasteiger partial charge in [0.15, 0.2) is 11.5 Å². The largest absolute Gasteiger partial charge is 0.493 e. The van der Waals surface area contributed by atoms with E-state index in [-0.39, 0.29) is 11.8 Å². The minimum absolute atomic E-state index is 0.0727. The molecule has 7 heteroatoms. The maximum absolute atomic E-state index is 12.6. The molecule has 1 heterocycles. The van der Waals surface area contributed by atoms with Crippen LogP contribution in [0.25, 0.3) is 0 Å². The highest BCUT2D eigenvalue weighted by Gasteiger charge is 2.22. The minimum atomic E-state index is -0.225. The molecule has 170 valence electrons. The van der Waals surface area contributed by atoms with Gasteiger partial charge in [-0.15, -0.1) is 0 Å². The van der Waals surface area contributed by atoms with E-state index in [9.17, 15) is 9.59 Å². The Morgan fingerprint density at radius 2 is 1.42 bits per heavy atom. The van der Waals surface area contributed by atoms with E-state index in [0.717, 1.165) is 24.3 Å². The highest BCUT2D eigenvalue weighted by molar-refractivity contribution is 6.04. The number of methoxy groups -OCH3 is 2. The van der Waals surface area contributed by atoms with E-state index in [0.29, 0.717) is 35.8 Å². The lowest BCUT2D eigenvalue weighted by atomic mass is 10.1. The maximum Gasteiger partial charge on any atom is 0.255 e. The predicted molar refractivity (Wildman–Crippen MR) is 128 cm³/mol. The molecule has 0 aliphatic carbocycles. The summed E-state index contributed by atoms with van der Waals surface area (Å²) in [6, 6.07) is 22.2. The molecule has 3 aromatic carbocycles. The van der Waals surface area contributed by atoms with Gasteiger partial charge in [0.25, 0.3) is 11.8 Å². The van der Waals surface area contributed by atoms with Crippen molar-refractivity contribution >= 4 is 23.2 Å². The Morgan fingerprint density at radius 3 is 2.06 bits per heavy atom. The number of anilines is 2. The number of ether oxygens (including phenoxy) is 2. The van der Waals surface area contributed by atoms with Crippen LogP contribution in [0.15, 0.2) is 72.8 Å². The molecule has 0 spiro atoms. The second-order valence-corrected chi connectivity index (χ2v) is 7.72. The van der Waals surface area contributed by atoms with Crippen molar-refractivity contribution in [3.63, 3.8) is 0 Å². The van der Waals surface area contributed by atoms with E-state index >= 15 is 0 Å². The van der Waals surface area contributed by atoms with Crippen LogP contribution in [0.5, 0.6) is 11.5 Å². The molecular weight excluding hydrogens is 418 g/mol. The first-order chi connectivity index (χ1) is 16.1. The standard InChI is InChI=1S/C26H27N3O4/c1-32-23-13-8-20(18-24(23)33-2)25(30)27-21-9-11-22(12-10-21)28-14-16-29(17-15-28)26(31)19-6-4-3-5-7-19/h3-13,18H,14-17H2,1-2H3,(H,27,30). The summed E-state index contributed by atoms with van der Waals surface area (Å²) in [5.41, 5.74) is 2.97. The maximum atomic E-state index is 12.6. The Balaban J connectivity index is 1.34. The number of nitrogens with zero attached hydrogens (tertiary/aromatic N) is 2. The van der Waals surface area contributed by atoms with E-state index in [2.05, 4.69) is 10.2 Å². The van der Waals surface area contributed by atoms with Gasteiger partial charge < -0.3 is 24.6 Å². The number of carbonyl (C=O) groups is 2. The lowest BCUT2D eigenvalue weighted by Crippen LogP contribution is -2.48. The first-order valence-electron chi connectivity index (χ1n) is 10.8. The molecule has 0 saturated carbocycles. The third-order valence-corrected chi connectivity index (χ3v) is 5.72. The third kappa shape index (κ3) is 5.09. The second-order valence-electron chi connectivity index (χ2n) is 7.72. The van der Waals surface area contributed by atoms with Crippen molar-refractivity contribution in [1.29, 1.82) is 0 Å². The summed E-state index contributed by atoms with van der Waals surface area (Å²) >= 11 is 0. The molecule has 0 bridgehead atoms. The van der Waals surface area contributed by atoms with Gasteiger partial charge in [-0.25, -0.2) is 0 Å². The van der Waals surface area contributed by atoms with Gasteiger partial charge in [0, 0.05) is 48.7 Å². The normalized spacial score (nSPS) is 13.4. The number of nitrogens with one attached hydrogen (secondary N) is 1. The predicted octanol–water partition coefficient (Wildman–Crippen LogP) is 3.92. The number of piperazine rings is 1. The number of amides is 2. The molecule has 7 nitrogen and oxygen atoms in total. The van der Waals surface area contributed by atoms with Gasteiger partial charge in [-0.1, -0.05) is 18.2 Å². The van der Waals surface area contributed by atoms with Crippen molar-refractivity contribution in [3.05, 3.63) is 83.9 Å². The number of carbonyl (C=O) groups excluding carboxylic acids is 2. The van der Waals surface area contributed by atoms with E-state index < -0.39 is 0 Å². The summed E-state index contributed by atoms with van der Waals surface area (Å²) in [4.78, 5) is 29.4. The molecule has 33 heavy (non-hydrogen) atoms. The lowest BCUT2D eigenvalue weighted by molar-refractivity contribution is 0.0746. The molecule has 1 aliphatic heterocycles. The summed E-state index contributed by atoms with van der Waals surface area (Å²) in [5.74, 6) is 0.926. The highest BCUT2D eigenvalue weighted by atomic mass is 16.5. The van der Waals surface area contributed by atoms with Crippen LogP contribution >= 0.6 is 0 Å². The fourth-order valence-electron chi connectivity index (χ4n) is 3.87. The molecule has 1 N–H and O–H groups in total. The Kier molecular flexibility index (Phi) is 6.78. The molecule has 0 radical (unpaired) electrons. The summed E-state index contributed by atoms with van der Waals surface area (Å²) in [6.45, 7) is 2.86. The molecular formula is C26H27N3O4. The fourth-order valence-corrected chi connectivity index (χ4v) is 3.87. The quantitative estimate of drug-likeness (QED) is 0.623. The van der Waals surface area contributed by atoms with Gasteiger partial charge in [-0.3, -0.25) is 9.59 Å². The minimum Gasteiger partial charge on any atom is -0.493 e. The Morgan fingerprint density at radius 1 is 0.758 bits per heavy atom. The van der Waals surface area contributed by atoms with Crippen molar-refractivity contribution in [2.45, 2.75) is 0 Å². The summed E-state index contributed by atoms with van der Waals surface area (Å²) in [6.07, 6.45) is 0. The fraction of sp³-hybridized carbons (Fsp3) is 0.231. The van der Waals surface area contributed by atoms with Crippen molar-refractivity contribution < 1.29 is 19.1 Å². The number of hydrogen-bond acceptors (Lipinski definition) is 5. The van der Waals surface area contributed by atoms with Crippen molar-refractivity contribution in [2.24, 2.45) is 0 Å². The SMILES string of the molecule is COc1ccc(C(=O)Nc2ccc(N3CCN(C(=O)c4ccccc4)CC3)cc2)cc1OC. The van der Waals surface area contributed by atoms with Gasteiger partial charge in [-0.05, 0) is 54.6 Å². The molecule has 0 atom stereocenters. The van der Waals surface area contributed by atoms with E-state index in [1.54, 1.807) is 25.3 Å².